The number of hydrogen-bond donors (Lipinski definition) is 2. The first-order valence-corrected chi connectivity index (χ1v) is 8.75. The lowest BCUT2D eigenvalue weighted by Crippen LogP contribution is -2.44. The molecule has 3 unspecified atom stereocenters. The Labute approximate surface area is 130 Å². The van der Waals surface area contributed by atoms with Gasteiger partial charge in [0.25, 0.3) is 0 Å². The molecule has 2 fully saturated rings. The minimum Gasteiger partial charge on any atom is -0.371 e. The van der Waals surface area contributed by atoms with Gasteiger partial charge in [0, 0.05) is 37.1 Å². The molecule has 0 spiro atoms. The van der Waals surface area contributed by atoms with Crippen LogP contribution in [0.3, 0.4) is 0 Å². The van der Waals surface area contributed by atoms with Crippen molar-refractivity contribution >= 4 is 17.7 Å². The molecule has 1 aromatic rings. The Balaban J connectivity index is 1.54. The Hall–Kier alpha value is -1.04. The van der Waals surface area contributed by atoms with Gasteiger partial charge in [-0.25, -0.2) is 0 Å². The standard InChI is InChI=1S/C16H22N2O2S/c19-15(10-13-11-21-9-7-17-13)18-14-6-8-20-16(14)12-4-2-1-3-5-12/h1-5,13-14,16-17H,6-11H2,(H,18,19). The lowest BCUT2D eigenvalue weighted by Gasteiger charge is -2.25. The summed E-state index contributed by atoms with van der Waals surface area (Å²) in [6, 6.07) is 10.6. The SMILES string of the molecule is O=C(CC1CSCCN1)NC1CCOC1c1ccccc1. The molecular weight excluding hydrogens is 284 g/mol. The summed E-state index contributed by atoms with van der Waals surface area (Å²) < 4.78 is 5.81. The van der Waals surface area contributed by atoms with Gasteiger partial charge in [0.1, 0.15) is 6.10 Å². The minimum absolute atomic E-state index is 0.0103. The van der Waals surface area contributed by atoms with Crippen LogP contribution in [0.1, 0.15) is 24.5 Å². The Kier molecular flexibility index (Phi) is 5.17. The highest BCUT2D eigenvalue weighted by Crippen LogP contribution is 2.29. The van der Waals surface area contributed by atoms with Gasteiger partial charge in [-0.05, 0) is 12.0 Å². The van der Waals surface area contributed by atoms with E-state index >= 15 is 0 Å². The summed E-state index contributed by atoms with van der Waals surface area (Å²) in [7, 11) is 0. The van der Waals surface area contributed by atoms with E-state index in [0.29, 0.717) is 19.1 Å². The number of carbonyl (C=O) groups excluding carboxylic acids is 1. The van der Waals surface area contributed by atoms with Gasteiger partial charge in [0.05, 0.1) is 6.04 Å². The smallest absolute Gasteiger partial charge is 0.221 e. The topological polar surface area (TPSA) is 50.4 Å². The Morgan fingerprint density at radius 3 is 3.00 bits per heavy atom. The van der Waals surface area contributed by atoms with E-state index in [9.17, 15) is 4.79 Å². The molecule has 2 aliphatic rings. The molecule has 0 bridgehead atoms. The van der Waals surface area contributed by atoms with Crippen LogP contribution in [0.2, 0.25) is 0 Å². The van der Waals surface area contributed by atoms with Crippen LogP contribution in [0.5, 0.6) is 0 Å². The number of amides is 1. The third-order valence-corrected chi connectivity index (χ3v) is 5.13. The van der Waals surface area contributed by atoms with E-state index in [-0.39, 0.29) is 18.1 Å². The molecule has 114 valence electrons. The van der Waals surface area contributed by atoms with Crippen LogP contribution in [-0.4, -0.2) is 42.6 Å². The molecule has 3 rings (SSSR count). The van der Waals surface area contributed by atoms with Gasteiger partial charge in [-0.2, -0.15) is 11.8 Å². The molecule has 0 radical (unpaired) electrons. The van der Waals surface area contributed by atoms with Gasteiger partial charge >= 0.3 is 0 Å². The van der Waals surface area contributed by atoms with Crippen LogP contribution in [0.25, 0.3) is 0 Å². The first kappa shape index (κ1) is 14.9. The van der Waals surface area contributed by atoms with E-state index < -0.39 is 0 Å². The molecule has 1 aromatic carbocycles. The zero-order valence-electron chi connectivity index (χ0n) is 12.1. The summed E-state index contributed by atoms with van der Waals surface area (Å²) in [6.45, 7) is 1.71. The van der Waals surface area contributed by atoms with Crippen molar-refractivity contribution in [2.75, 3.05) is 24.7 Å². The third kappa shape index (κ3) is 3.99. The first-order valence-electron chi connectivity index (χ1n) is 7.60. The van der Waals surface area contributed by atoms with Crippen LogP contribution < -0.4 is 10.6 Å². The second kappa shape index (κ2) is 7.29. The first-order chi connectivity index (χ1) is 10.3. The average Bonchev–Trinajstić information content (AvgIpc) is 2.97. The lowest BCUT2D eigenvalue weighted by molar-refractivity contribution is -0.122. The number of ether oxygens (including phenoxy) is 1. The van der Waals surface area contributed by atoms with E-state index in [1.54, 1.807) is 0 Å². The van der Waals surface area contributed by atoms with Crippen molar-refractivity contribution in [3.63, 3.8) is 0 Å². The van der Waals surface area contributed by atoms with Crippen LogP contribution in [0.4, 0.5) is 0 Å². The molecule has 0 aromatic heterocycles. The molecule has 2 saturated heterocycles. The Morgan fingerprint density at radius 2 is 2.24 bits per heavy atom. The highest BCUT2D eigenvalue weighted by Gasteiger charge is 2.31. The van der Waals surface area contributed by atoms with Crippen LogP contribution in [0.15, 0.2) is 30.3 Å². The van der Waals surface area contributed by atoms with E-state index in [2.05, 4.69) is 22.8 Å². The number of benzene rings is 1. The molecule has 21 heavy (non-hydrogen) atoms. The van der Waals surface area contributed by atoms with Crippen LogP contribution >= 0.6 is 11.8 Å². The van der Waals surface area contributed by atoms with Gasteiger partial charge in [0.15, 0.2) is 0 Å². The summed E-state index contributed by atoms with van der Waals surface area (Å²) >= 11 is 1.92. The molecule has 3 atom stereocenters. The van der Waals surface area contributed by atoms with Crippen molar-refractivity contribution in [2.45, 2.75) is 31.0 Å². The fourth-order valence-electron chi connectivity index (χ4n) is 2.95. The molecule has 2 N–H and O–H groups in total. The molecule has 4 nitrogen and oxygen atoms in total. The number of carbonyl (C=O) groups is 1. The minimum atomic E-state index is -0.0103. The number of nitrogens with one attached hydrogen (secondary N) is 2. The number of thioether (sulfide) groups is 1. The van der Waals surface area contributed by atoms with Crippen molar-refractivity contribution in [3.8, 4) is 0 Å². The van der Waals surface area contributed by atoms with Crippen LogP contribution in [0, 0.1) is 0 Å². The summed E-state index contributed by atoms with van der Waals surface area (Å²) in [5, 5.41) is 6.57. The number of rotatable bonds is 4. The highest BCUT2D eigenvalue weighted by atomic mass is 32.2. The largest absolute Gasteiger partial charge is 0.371 e. The monoisotopic (exact) mass is 306 g/mol. The third-order valence-electron chi connectivity index (χ3n) is 4.00. The van der Waals surface area contributed by atoms with Gasteiger partial charge < -0.3 is 15.4 Å². The quantitative estimate of drug-likeness (QED) is 0.889. The van der Waals surface area contributed by atoms with Crippen molar-refractivity contribution in [2.24, 2.45) is 0 Å². The second-order valence-electron chi connectivity index (χ2n) is 5.59. The Bertz CT molecular complexity index is 463. The van der Waals surface area contributed by atoms with E-state index in [0.717, 1.165) is 30.0 Å². The lowest BCUT2D eigenvalue weighted by atomic mass is 10.0. The molecule has 0 aliphatic carbocycles. The fourth-order valence-corrected chi connectivity index (χ4v) is 3.90. The van der Waals surface area contributed by atoms with E-state index in [4.69, 9.17) is 4.74 Å². The van der Waals surface area contributed by atoms with Gasteiger partial charge in [0.2, 0.25) is 5.91 Å². The summed E-state index contributed by atoms with van der Waals surface area (Å²) in [6.07, 6.45) is 1.44. The van der Waals surface area contributed by atoms with Crippen LogP contribution in [-0.2, 0) is 9.53 Å². The molecular formula is C16H22N2O2S. The zero-order chi connectivity index (χ0) is 14.5. The Morgan fingerprint density at radius 1 is 1.38 bits per heavy atom. The molecule has 2 aliphatic heterocycles. The summed E-state index contributed by atoms with van der Waals surface area (Å²) in [5.74, 6) is 2.30. The molecule has 5 heteroatoms. The predicted molar refractivity (Wildman–Crippen MR) is 85.4 cm³/mol. The van der Waals surface area contributed by atoms with Gasteiger partial charge in [-0.1, -0.05) is 30.3 Å². The number of hydrogen-bond acceptors (Lipinski definition) is 4. The van der Waals surface area contributed by atoms with Crippen molar-refractivity contribution in [1.29, 1.82) is 0 Å². The zero-order valence-corrected chi connectivity index (χ0v) is 12.9. The fraction of sp³-hybridized carbons (Fsp3) is 0.562. The van der Waals surface area contributed by atoms with E-state index in [1.165, 1.54) is 0 Å². The van der Waals surface area contributed by atoms with Crippen molar-refractivity contribution in [3.05, 3.63) is 35.9 Å². The van der Waals surface area contributed by atoms with Crippen molar-refractivity contribution < 1.29 is 9.53 Å². The summed E-state index contributed by atoms with van der Waals surface area (Å²) in [4.78, 5) is 12.2. The maximum absolute atomic E-state index is 12.2. The molecule has 1 amide bonds. The normalized spacial score (nSPS) is 29.2. The predicted octanol–water partition coefficient (Wildman–Crippen LogP) is 1.73. The maximum atomic E-state index is 12.2. The van der Waals surface area contributed by atoms with Crippen molar-refractivity contribution in [1.82, 2.24) is 10.6 Å². The summed E-state index contributed by atoms with van der Waals surface area (Å²) in [5.41, 5.74) is 1.15. The molecule has 2 heterocycles. The second-order valence-corrected chi connectivity index (χ2v) is 6.74. The van der Waals surface area contributed by atoms with Gasteiger partial charge in [-0.15, -0.1) is 0 Å². The molecule has 0 saturated carbocycles. The maximum Gasteiger partial charge on any atom is 0.221 e. The average molecular weight is 306 g/mol. The van der Waals surface area contributed by atoms with E-state index in [1.807, 2.05) is 30.0 Å². The van der Waals surface area contributed by atoms with Gasteiger partial charge in [-0.3, -0.25) is 4.79 Å². The highest BCUT2D eigenvalue weighted by molar-refractivity contribution is 7.99.